The van der Waals surface area contributed by atoms with Gasteiger partial charge in [-0.3, -0.25) is 4.79 Å². The minimum atomic E-state index is -3.64. The lowest BCUT2D eigenvalue weighted by atomic mass is 10.2. The van der Waals surface area contributed by atoms with Crippen LogP contribution in [0.3, 0.4) is 0 Å². The summed E-state index contributed by atoms with van der Waals surface area (Å²) >= 11 is 0. The Morgan fingerprint density at radius 2 is 1.45 bits per heavy atom. The lowest BCUT2D eigenvalue weighted by molar-refractivity contribution is -0.115. The standard InChI is InChI=1S/C20H21NO7S/c22-20(21-14-2-4-16-18(12-14)26-8-1-7-25-16)6-11-29(23,24)15-3-5-17-19(13-15)28-10-9-27-17/h2-5,12-13H,1,6-11H2,(H,21,22). The summed E-state index contributed by atoms with van der Waals surface area (Å²) < 4.78 is 47.2. The van der Waals surface area contributed by atoms with Gasteiger partial charge in [-0.15, -0.1) is 0 Å². The first-order valence-electron chi connectivity index (χ1n) is 9.33. The van der Waals surface area contributed by atoms with Crippen LogP contribution in [0, 0.1) is 0 Å². The molecule has 0 unspecified atom stereocenters. The fourth-order valence-corrected chi connectivity index (χ4v) is 4.28. The van der Waals surface area contributed by atoms with Crippen molar-refractivity contribution < 1.29 is 32.2 Å². The topological polar surface area (TPSA) is 100 Å². The summed E-state index contributed by atoms with van der Waals surface area (Å²) in [6.07, 6.45) is 0.610. The molecule has 2 aromatic rings. The van der Waals surface area contributed by atoms with Crippen LogP contribution < -0.4 is 24.3 Å². The summed E-state index contributed by atoms with van der Waals surface area (Å²) in [5, 5.41) is 2.70. The zero-order chi connectivity index (χ0) is 20.3. The zero-order valence-corrected chi connectivity index (χ0v) is 16.5. The molecule has 1 amide bonds. The highest BCUT2D eigenvalue weighted by atomic mass is 32.2. The second-order valence-corrected chi connectivity index (χ2v) is 8.74. The summed E-state index contributed by atoms with van der Waals surface area (Å²) in [7, 11) is -3.64. The number of carbonyl (C=O) groups is 1. The highest BCUT2D eigenvalue weighted by Gasteiger charge is 2.21. The zero-order valence-electron chi connectivity index (χ0n) is 15.7. The Morgan fingerprint density at radius 1 is 0.828 bits per heavy atom. The first kappa shape index (κ1) is 19.4. The van der Waals surface area contributed by atoms with Crippen molar-refractivity contribution in [2.75, 3.05) is 37.5 Å². The molecule has 0 bridgehead atoms. The maximum atomic E-state index is 12.6. The molecule has 2 heterocycles. The van der Waals surface area contributed by atoms with Gasteiger partial charge in [-0.1, -0.05) is 0 Å². The Labute approximate surface area is 168 Å². The van der Waals surface area contributed by atoms with Crippen LogP contribution in [0.2, 0.25) is 0 Å². The van der Waals surface area contributed by atoms with Gasteiger partial charge in [0.05, 0.1) is 23.9 Å². The number of hydrogen-bond donors (Lipinski definition) is 1. The van der Waals surface area contributed by atoms with Crippen molar-refractivity contribution >= 4 is 21.4 Å². The van der Waals surface area contributed by atoms with E-state index in [1.54, 1.807) is 24.3 Å². The number of benzene rings is 2. The van der Waals surface area contributed by atoms with Crippen LogP contribution in [0.1, 0.15) is 12.8 Å². The van der Waals surface area contributed by atoms with Crippen molar-refractivity contribution in [2.45, 2.75) is 17.7 Å². The van der Waals surface area contributed by atoms with E-state index in [9.17, 15) is 13.2 Å². The van der Waals surface area contributed by atoms with Gasteiger partial charge < -0.3 is 24.3 Å². The van der Waals surface area contributed by atoms with E-state index in [0.29, 0.717) is 55.1 Å². The minimum absolute atomic E-state index is 0.102. The quantitative estimate of drug-likeness (QED) is 0.794. The van der Waals surface area contributed by atoms with Gasteiger partial charge in [0.25, 0.3) is 0 Å². The predicted molar refractivity (Wildman–Crippen MR) is 105 cm³/mol. The van der Waals surface area contributed by atoms with E-state index >= 15 is 0 Å². The first-order chi connectivity index (χ1) is 14.0. The molecule has 8 nitrogen and oxygen atoms in total. The number of anilines is 1. The number of fused-ring (bicyclic) bond motifs is 2. The van der Waals surface area contributed by atoms with Gasteiger partial charge in [-0.05, 0) is 24.3 Å². The number of rotatable bonds is 5. The number of ether oxygens (including phenoxy) is 4. The lowest BCUT2D eigenvalue weighted by Crippen LogP contribution is -2.18. The third-order valence-corrected chi connectivity index (χ3v) is 6.22. The molecule has 9 heteroatoms. The van der Waals surface area contributed by atoms with Crippen LogP contribution in [0.5, 0.6) is 23.0 Å². The van der Waals surface area contributed by atoms with Crippen LogP contribution in [0.4, 0.5) is 5.69 Å². The van der Waals surface area contributed by atoms with Crippen molar-refractivity contribution in [2.24, 2.45) is 0 Å². The van der Waals surface area contributed by atoms with E-state index in [1.165, 1.54) is 12.1 Å². The molecule has 4 rings (SSSR count). The molecule has 0 saturated carbocycles. The third-order valence-electron chi connectivity index (χ3n) is 4.50. The van der Waals surface area contributed by atoms with Gasteiger partial charge >= 0.3 is 0 Å². The fourth-order valence-electron chi connectivity index (χ4n) is 3.03. The number of carbonyl (C=O) groups excluding carboxylic acids is 1. The van der Waals surface area contributed by atoms with Gasteiger partial charge in [-0.2, -0.15) is 0 Å². The minimum Gasteiger partial charge on any atom is -0.490 e. The highest BCUT2D eigenvalue weighted by Crippen LogP contribution is 2.33. The van der Waals surface area contributed by atoms with Crippen molar-refractivity contribution in [3.63, 3.8) is 0 Å². The van der Waals surface area contributed by atoms with Gasteiger partial charge in [0.1, 0.15) is 13.2 Å². The Morgan fingerprint density at radius 3 is 2.24 bits per heavy atom. The molecule has 1 N–H and O–H groups in total. The molecule has 2 aromatic carbocycles. The summed E-state index contributed by atoms with van der Waals surface area (Å²) in [6, 6.07) is 9.56. The SMILES string of the molecule is O=C(CCS(=O)(=O)c1ccc2c(c1)OCCO2)Nc1ccc2c(c1)OCCCO2. The highest BCUT2D eigenvalue weighted by molar-refractivity contribution is 7.91. The van der Waals surface area contributed by atoms with E-state index in [0.717, 1.165) is 6.42 Å². The second kappa shape index (κ2) is 8.20. The largest absolute Gasteiger partial charge is 0.490 e. The summed E-state index contributed by atoms with van der Waals surface area (Å²) in [5.41, 5.74) is 0.524. The molecule has 0 aliphatic carbocycles. The van der Waals surface area contributed by atoms with Crippen LogP contribution in [0.25, 0.3) is 0 Å². The average molecular weight is 419 g/mol. The molecule has 29 heavy (non-hydrogen) atoms. The van der Waals surface area contributed by atoms with E-state index in [4.69, 9.17) is 18.9 Å². The third kappa shape index (κ3) is 4.56. The summed E-state index contributed by atoms with van der Waals surface area (Å²) in [6.45, 7) is 1.92. The van der Waals surface area contributed by atoms with Crippen LogP contribution in [-0.2, 0) is 14.6 Å². The van der Waals surface area contributed by atoms with Crippen molar-refractivity contribution in [1.29, 1.82) is 0 Å². The van der Waals surface area contributed by atoms with Crippen molar-refractivity contribution in [3.05, 3.63) is 36.4 Å². The average Bonchev–Trinajstić information content (AvgIpc) is 2.97. The van der Waals surface area contributed by atoms with Crippen molar-refractivity contribution in [3.8, 4) is 23.0 Å². The summed E-state index contributed by atoms with van der Waals surface area (Å²) in [5.74, 6) is 1.38. The number of nitrogens with one attached hydrogen (secondary N) is 1. The number of sulfone groups is 1. The molecular formula is C20H21NO7S. The Hall–Kier alpha value is -2.94. The van der Waals surface area contributed by atoms with Crippen LogP contribution in [0.15, 0.2) is 41.3 Å². The Balaban J connectivity index is 1.38. The molecule has 0 saturated heterocycles. The van der Waals surface area contributed by atoms with E-state index in [2.05, 4.69) is 5.32 Å². The van der Waals surface area contributed by atoms with E-state index < -0.39 is 15.7 Å². The number of amides is 1. The fraction of sp³-hybridized carbons (Fsp3) is 0.350. The van der Waals surface area contributed by atoms with Gasteiger partial charge in [0.2, 0.25) is 5.91 Å². The van der Waals surface area contributed by atoms with Gasteiger partial charge in [0.15, 0.2) is 32.8 Å². The Bertz CT molecular complexity index is 1020. The van der Waals surface area contributed by atoms with Gasteiger partial charge in [0, 0.05) is 30.7 Å². The molecule has 0 atom stereocenters. The smallest absolute Gasteiger partial charge is 0.225 e. The number of hydrogen-bond acceptors (Lipinski definition) is 7. The normalized spacial score (nSPS) is 15.3. The molecule has 0 fully saturated rings. The molecule has 154 valence electrons. The second-order valence-electron chi connectivity index (χ2n) is 6.63. The van der Waals surface area contributed by atoms with Crippen LogP contribution >= 0.6 is 0 Å². The van der Waals surface area contributed by atoms with Gasteiger partial charge in [-0.25, -0.2) is 8.42 Å². The first-order valence-corrected chi connectivity index (χ1v) is 11.0. The van der Waals surface area contributed by atoms with Crippen LogP contribution in [-0.4, -0.2) is 46.5 Å². The molecule has 2 aliphatic rings. The summed E-state index contributed by atoms with van der Waals surface area (Å²) in [4.78, 5) is 12.4. The molecule has 0 spiro atoms. The van der Waals surface area contributed by atoms with E-state index in [-0.39, 0.29) is 17.1 Å². The lowest BCUT2D eigenvalue weighted by Gasteiger charge is -2.18. The monoisotopic (exact) mass is 419 g/mol. The molecule has 0 aromatic heterocycles. The molecule has 2 aliphatic heterocycles. The Kier molecular flexibility index (Phi) is 5.48. The molecular weight excluding hydrogens is 398 g/mol. The maximum absolute atomic E-state index is 12.6. The predicted octanol–water partition coefficient (Wildman–Crippen LogP) is 2.42. The molecule has 0 radical (unpaired) electrons. The van der Waals surface area contributed by atoms with Crippen molar-refractivity contribution in [1.82, 2.24) is 0 Å². The maximum Gasteiger partial charge on any atom is 0.225 e. The van der Waals surface area contributed by atoms with E-state index in [1.807, 2.05) is 0 Å².